The summed E-state index contributed by atoms with van der Waals surface area (Å²) in [4.78, 5) is 58.6. The molecule has 0 unspecified atom stereocenters. The number of rotatable bonds is 17. The third-order valence-electron chi connectivity index (χ3n) is 8.65. The number of nitrogens with one attached hydrogen (secondary N) is 3. The SMILES string of the molecule is CCOC(=O)C[C@@H](NC(=O)[C@@H](Cc1c(Br)[nH]c2ccccc12)N(C)C(=O)[C@H](C)NC(=O)[C@@H](C)C/C(C)=C/[C@H](C)C[C@H](C)O)c1ccc(O)cc1. The van der Waals surface area contributed by atoms with Crippen molar-refractivity contribution in [2.24, 2.45) is 11.8 Å². The minimum absolute atomic E-state index is 0.0322. The summed E-state index contributed by atoms with van der Waals surface area (Å²) < 4.78 is 5.84. The van der Waals surface area contributed by atoms with Crippen LogP contribution in [0.25, 0.3) is 10.9 Å². The van der Waals surface area contributed by atoms with Crippen LogP contribution in [0.15, 0.2) is 64.8 Å². The average molecular weight is 756 g/mol. The van der Waals surface area contributed by atoms with Gasteiger partial charge in [-0.1, -0.05) is 55.8 Å². The number of amides is 3. The van der Waals surface area contributed by atoms with Crippen LogP contribution in [0.1, 0.15) is 78.0 Å². The summed E-state index contributed by atoms with van der Waals surface area (Å²) in [5, 5.41) is 26.2. The lowest BCUT2D eigenvalue weighted by Crippen LogP contribution is -2.55. The number of halogens is 1. The van der Waals surface area contributed by atoms with E-state index in [2.05, 4.69) is 37.6 Å². The van der Waals surface area contributed by atoms with E-state index in [0.29, 0.717) is 23.0 Å². The van der Waals surface area contributed by atoms with Crippen molar-refractivity contribution in [1.29, 1.82) is 0 Å². The first-order valence-electron chi connectivity index (χ1n) is 17.0. The first kappa shape index (κ1) is 40.3. The number of aliphatic hydroxyl groups is 1. The highest BCUT2D eigenvalue weighted by Crippen LogP contribution is 2.29. The number of H-pyrrole nitrogens is 1. The van der Waals surface area contributed by atoms with Crippen LogP contribution in [0.4, 0.5) is 0 Å². The van der Waals surface area contributed by atoms with Crippen molar-refractivity contribution < 1.29 is 34.1 Å². The van der Waals surface area contributed by atoms with E-state index in [-0.39, 0.29) is 37.0 Å². The van der Waals surface area contributed by atoms with Crippen LogP contribution >= 0.6 is 15.9 Å². The number of nitrogens with zero attached hydrogens (tertiary/aromatic N) is 1. The molecule has 0 aliphatic heterocycles. The fourth-order valence-electron chi connectivity index (χ4n) is 6.19. The van der Waals surface area contributed by atoms with Crippen LogP contribution in [0.5, 0.6) is 5.75 Å². The van der Waals surface area contributed by atoms with E-state index in [1.54, 1.807) is 39.8 Å². The molecular formula is C38H51BrN4O7. The van der Waals surface area contributed by atoms with Gasteiger partial charge in [-0.05, 0) is 91.7 Å². The molecule has 0 aliphatic rings. The number of benzene rings is 2. The van der Waals surface area contributed by atoms with E-state index < -0.39 is 47.9 Å². The minimum Gasteiger partial charge on any atom is -0.508 e. The van der Waals surface area contributed by atoms with E-state index in [0.717, 1.165) is 22.0 Å². The zero-order chi connectivity index (χ0) is 37.1. The molecular weight excluding hydrogens is 704 g/mol. The molecule has 0 bridgehead atoms. The zero-order valence-corrected chi connectivity index (χ0v) is 31.5. The fourth-order valence-corrected chi connectivity index (χ4v) is 6.78. The van der Waals surface area contributed by atoms with Crippen molar-refractivity contribution in [3.8, 4) is 5.75 Å². The number of hydrogen-bond acceptors (Lipinski definition) is 7. The van der Waals surface area contributed by atoms with Crippen molar-refractivity contribution >= 4 is 50.5 Å². The molecule has 0 spiro atoms. The number of ether oxygens (including phenoxy) is 1. The molecule has 5 N–H and O–H groups in total. The lowest BCUT2D eigenvalue weighted by Gasteiger charge is -2.31. The first-order chi connectivity index (χ1) is 23.6. The number of aromatic amines is 1. The number of phenols is 1. The van der Waals surface area contributed by atoms with Crippen LogP contribution in [0.2, 0.25) is 0 Å². The lowest BCUT2D eigenvalue weighted by molar-refractivity contribution is -0.145. The molecule has 11 nitrogen and oxygen atoms in total. The Balaban J connectivity index is 1.87. The van der Waals surface area contributed by atoms with Crippen molar-refractivity contribution in [1.82, 2.24) is 20.5 Å². The first-order valence-corrected chi connectivity index (χ1v) is 17.8. The van der Waals surface area contributed by atoms with Gasteiger partial charge >= 0.3 is 5.97 Å². The van der Waals surface area contributed by atoms with Crippen molar-refractivity contribution in [3.63, 3.8) is 0 Å². The third kappa shape index (κ3) is 11.4. The molecule has 0 saturated carbocycles. The zero-order valence-electron chi connectivity index (χ0n) is 30.0. The predicted molar refractivity (Wildman–Crippen MR) is 197 cm³/mol. The normalized spacial score (nSPS) is 15.3. The largest absolute Gasteiger partial charge is 0.508 e. The second-order valence-corrected chi connectivity index (χ2v) is 14.0. The number of para-hydroxylation sites is 1. The summed E-state index contributed by atoms with van der Waals surface area (Å²) in [6.45, 7) is 11.0. The second-order valence-electron chi connectivity index (χ2n) is 13.2. The Bertz CT molecular complexity index is 1650. The van der Waals surface area contributed by atoms with Gasteiger partial charge in [0.1, 0.15) is 17.8 Å². The Labute approximate surface area is 303 Å². The highest BCUT2D eigenvalue weighted by molar-refractivity contribution is 9.10. The average Bonchev–Trinajstić information content (AvgIpc) is 3.36. The smallest absolute Gasteiger partial charge is 0.308 e. The Morgan fingerprint density at radius 1 is 0.980 bits per heavy atom. The number of hydrogen-bond donors (Lipinski definition) is 5. The summed E-state index contributed by atoms with van der Waals surface area (Å²) in [7, 11) is 1.53. The summed E-state index contributed by atoms with van der Waals surface area (Å²) in [5.41, 5.74) is 3.23. The second kappa shape index (κ2) is 18.7. The molecule has 12 heteroatoms. The molecule has 0 aliphatic carbocycles. The van der Waals surface area contributed by atoms with Gasteiger partial charge in [-0.3, -0.25) is 19.2 Å². The molecule has 50 heavy (non-hydrogen) atoms. The van der Waals surface area contributed by atoms with Crippen LogP contribution in [-0.4, -0.2) is 75.6 Å². The van der Waals surface area contributed by atoms with Gasteiger partial charge in [0.25, 0.3) is 0 Å². The molecule has 6 atom stereocenters. The van der Waals surface area contributed by atoms with Gasteiger partial charge in [-0.25, -0.2) is 0 Å². The number of esters is 1. The molecule has 1 heterocycles. The Kier molecular flexibility index (Phi) is 15.1. The minimum atomic E-state index is -1.04. The van der Waals surface area contributed by atoms with Crippen molar-refractivity contribution in [3.05, 3.63) is 75.9 Å². The highest BCUT2D eigenvalue weighted by Gasteiger charge is 2.34. The van der Waals surface area contributed by atoms with Gasteiger partial charge in [0.2, 0.25) is 17.7 Å². The van der Waals surface area contributed by atoms with Gasteiger partial charge in [-0.15, -0.1) is 0 Å². The lowest BCUT2D eigenvalue weighted by atomic mass is 9.95. The van der Waals surface area contributed by atoms with E-state index in [4.69, 9.17) is 4.74 Å². The number of aromatic nitrogens is 1. The van der Waals surface area contributed by atoms with E-state index in [1.165, 1.54) is 24.1 Å². The fraction of sp³-hybridized carbons (Fsp3) is 0.474. The molecule has 3 aromatic rings. The maximum atomic E-state index is 14.2. The van der Waals surface area contributed by atoms with E-state index >= 15 is 0 Å². The van der Waals surface area contributed by atoms with Gasteiger partial charge in [0.15, 0.2) is 0 Å². The van der Waals surface area contributed by atoms with Crippen LogP contribution in [-0.2, 0) is 30.3 Å². The van der Waals surface area contributed by atoms with Gasteiger partial charge in [-0.2, -0.15) is 0 Å². The molecule has 2 aromatic carbocycles. The quantitative estimate of drug-likeness (QED) is 0.0873. The van der Waals surface area contributed by atoms with Gasteiger partial charge < -0.3 is 35.5 Å². The number of fused-ring (bicyclic) bond motifs is 1. The van der Waals surface area contributed by atoms with Crippen LogP contribution in [0, 0.1) is 11.8 Å². The number of likely N-dealkylation sites (N-methyl/N-ethyl adjacent to an activating group) is 1. The number of aliphatic hydroxyl groups excluding tert-OH is 1. The molecule has 0 saturated heterocycles. The van der Waals surface area contributed by atoms with E-state index in [1.807, 2.05) is 38.1 Å². The van der Waals surface area contributed by atoms with Crippen molar-refractivity contribution in [2.75, 3.05) is 13.7 Å². The summed E-state index contributed by atoms with van der Waals surface area (Å²) >= 11 is 3.59. The predicted octanol–water partition coefficient (Wildman–Crippen LogP) is 5.70. The molecule has 1 aromatic heterocycles. The number of allylic oxidation sites excluding steroid dienone is 2. The van der Waals surface area contributed by atoms with Crippen molar-refractivity contribution in [2.45, 2.75) is 91.5 Å². The maximum Gasteiger partial charge on any atom is 0.308 e. The molecule has 0 fully saturated rings. The Morgan fingerprint density at radius 2 is 1.64 bits per heavy atom. The van der Waals surface area contributed by atoms with Crippen LogP contribution in [0.3, 0.4) is 0 Å². The molecule has 3 rings (SSSR count). The topological polar surface area (TPSA) is 161 Å². The summed E-state index contributed by atoms with van der Waals surface area (Å²) in [6, 6.07) is 11.0. The Hall–Kier alpha value is -4.16. The van der Waals surface area contributed by atoms with E-state index in [9.17, 15) is 29.4 Å². The standard InChI is InChI=1S/C38H51BrN4O7/c1-8-50-34(46)21-32(27-13-15-28(45)16-14-27)42-37(48)33(20-30-29-11-9-10-12-31(29)41-35(30)39)43(7)38(49)26(6)40-36(47)24(4)18-22(2)17-23(3)19-25(5)44/h9-17,23-26,32-33,41,44-45H,8,18-21H2,1-7H3,(H,40,47)(H,42,48)/b22-17+/t23-,24-,25-,26-,32+,33+/m0/s1. The number of carbonyl (C=O) groups is 4. The highest BCUT2D eigenvalue weighted by atomic mass is 79.9. The maximum absolute atomic E-state index is 14.2. The number of aromatic hydroxyl groups is 1. The summed E-state index contributed by atoms with van der Waals surface area (Å²) in [6.07, 6.45) is 2.70. The molecule has 3 amide bonds. The van der Waals surface area contributed by atoms with Gasteiger partial charge in [0, 0.05) is 30.3 Å². The molecule has 272 valence electrons. The monoisotopic (exact) mass is 754 g/mol. The van der Waals surface area contributed by atoms with Crippen LogP contribution < -0.4 is 10.6 Å². The van der Waals surface area contributed by atoms with Gasteiger partial charge in [0.05, 0.1) is 29.8 Å². The molecule has 0 radical (unpaired) electrons. The number of phenolic OH excluding ortho intramolecular Hbond substituents is 1. The Morgan fingerprint density at radius 3 is 2.28 bits per heavy atom. The number of carbonyl (C=O) groups excluding carboxylic acids is 4. The summed E-state index contributed by atoms with van der Waals surface area (Å²) in [5.74, 6) is -2.02. The third-order valence-corrected chi connectivity index (χ3v) is 9.33.